The zero-order valence-corrected chi connectivity index (χ0v) is 12.5. The molecular weight excluding hydrogens is 262 g/mol. The first-order chi connectivity index (χ1) is 8.49. The van der Waals surface area contributed by atoms with E-state index in [9.17, 15) is 4.79 Å². The average Bonchev–Trinajstić information content (AvgIpc) is 2.38. The zero-order valence-electron chi connectivity index (χ0n) is 11.7. The van der Waals surface area contributed by atoms with Crippen molar-refractivity contribution in [2.24, 2.45) is 0 Å². The van der Waals surface area contributed by atoms with Crippen molar-refractivity contribution in [3.8, 4) is 0 Å². The van der Waals surface area contributed by atoms with Gasteiger partial charge in [-0.1, -0.05) is 43.8 Å². The number of rotatable bonds is 6. The third-order valence-corrected chi connectivity index (χ3v) is 2.81. The summed E-state index contributed by atoms with van der Waals surface area (Å²) < 4.78 is 5.24. The summed E-state index contributed by atoms with van der Waals surface area (Å²) in [5.74, 6) is -0.404. The summed E-state index contributed by atoms with van der Waals surface area (Å²) in [5.41, 5.74) is 0.890. The predicted octanol–water partition coefficient (Wildman–Crippen LogP) is 3.40. The fourth-order valence-electron chi connectivity index (χ4n) is 1.74. The van der Waals surface area contributed by atoms with Crippen molar-refractivity contribution in [2.75, 3.05) is 0 Å². The highest BCUT2D eigenvalue weighted by Gasteiger charge is 2.24. The monoisotopic (exact) mass is 283 g/mol. The molecule has 0 radical (unpaired) electrons. The molecule has 1 atom stereocenters. The van der Waals surface area contributed by atoms with Crippen LogP contribution >= 0.6 is 12.4 Å². The van der Waals surface area contributed by atoms with Gasteiger partial charge >= 0.3 is 5.97 Å². The van der Waals surface area contributed by atoms with Crippen LogP contribution in [0.4, 0.5) is 0 Å². The Kier molecular flexibility index (Phi) is 7.42. The number of benzene rings is 1. The number of nitrogens with one attached hydrogen (secondary N) is 1. The number of esters is 1. The van der Waals surface area contributed by atoms with Gasteiger partial charge in [0.2, 0.25) is 0 Å². The van der Waals surface area contributed by atoms with E-state index in [2.05, 4.69) is 37.9 Å². The third-order valence-electron chi connectivity index (χ3n) is 2.81. The van der Waals surface area contributed by atoms with Gasteiger partial charge in [0, 0.05) is 11.6 Å². The van der Waals surface area contributed by atoms with E-state index in [1.54, 1.807) is 0 Å². The van der Waals surface area contributed by atoms with E-state index in [1.165, 1.54) is 6.08 Å². The van der Waals surface area contributed by atoms with Gasteiger partial charge in [-0.15, -0.1) is 12.4 Å². The zero-order chi connectivity index (χ0) is 13.6. The van der Waals surface area contributed by atoms with Crippen LogP contribution < -0.4 is 5.32 Å². The Morgan fingerprint density at radius 3 is 2.47 bits per heavy atom. The van der Waals surface area contributed by atoms with E-state index >= 15 is 0 Å². The van der Waals surface area contributed by atoms with E-state index in [4.69, 9.17) is 4.74 Å². The molecule has 0 bridgehead atoms. The first-order valence-corrected chi connectivity index (χ1v) is 6.16. The lowest BCUT2D eigenvalue weighted by Gasteiger charge is -2.31. The van der Waals surface area contributed by atoms with Gasteiger partial charge in [-0.2, -0.15) is 0 Å². The molecule has 4 heteroatoms. The average molecular weight is 284 g/mol. The van der Waals surface area contributed by atoms with E-state index in [1.807, 2.05) is 25.1 Å². The fourth-order valence-corrected chi connectivity index (χ4v) is 1.74. The molecule has 0 saturated carbocycles. The van der Waals surface area contributed by atoms with Crippen molar-refractivity contribution >= 4 is 18.4 Å². The Bertz CT molecular complexity index is 404. The van der Waals surface area contributed by atoms with Crippen LogP contribution in [-0.2, 0) is 15.1 Å². The Morgan fingerprint density at radius 2 is 2.00 bits per heavy atom. The summed E-state index contributed by atoms with van der Waals surface area (Å²) in [7, 11) is 0. The molecule has 0 aromatic heterocycles. The Hall–Kier alpha value is -1.32. The molecule has 0 aliphatic rings. The molecule has 0 aliphatic heterocycles. The highest BCUT2D eigenvalue weighted by molar-refractivity contribution is 5.85. The standard InChI is InChI=1S/C15H21NO2.ClH/c1-5-13(18-14(17)6-2)16-15(3,4)12-10-8-7-9-11-12;/h6-11,13,16H,2,5H2,1,3-4H3;1H. The second-order valence-corrected chi connectivity index (χ2v) is 4.67. The van der Waals surface area contributed by atoms with Gasteiger partial charge in [-0.05, 0) is 25.8 Å². The molecule has 1 N–H and O–H groups in total. The van der Waals surface area contributed by atoms with Crippen molar-refractivity contribution in [3.63, 3.8) is 0 Å². The number of hydrogen-bond acceptors (Lipinski definition) is 3. The maximum atomic E-state index is 11.2. The Morgan fingerprint density at radius 1 is 1.42 bits per heavy atom. The maximum Gasteiger partial charge on any atom is 0.331 e. The van der Waals surface area contributed by atoms with Gasteiger partial charge < -0.3 is 4.74 Å². The third kappa shape index (κ3) is 5.45. The van der Waals surface area contributed by atoms with Crippen LogP contribution in [0, 0.1) is 0 Å². The first-order valence-electron chi connectivity index (χ1n) is 6.16. The summed E-state index contributed by atoms with van der Waals surface area (Å²) in [4.78, 5) is 11.2. The Balaban J connectivity index is 0.00000324. The minimum absolute atomic E-state index is 0. The normalized spacial score (nSPS) is 12.2. The van der Waals surface area contributed by atoms with Gasteiger partial charge in [0.15, 0.2) is 6.23 Å². The van der Waals surface area contributed by atoms with E-state index in [-0.39, 0.29) is 24.2 Å². The molecule has 0 heterocycles. The number of carbonyl (C=O) groups excluding carboxylic acids is 1. The second-order valence-electron chi connectivity index (χ2n) is 4.67. The van der Waals surface area contributed by atoms with Crippen molar-refractivity contribution in [1.29, 1.82) is 0 Å². The van der Waals surface area contributed by atoms with Gasteiger partial charge in [0.05, 0.1) is 0 Å². The van der Waals surface area contributed by atoms with E-state index in [0.29, 0.717) is 6.42 Å². The number of hydrogen-bond donors (Lipinski definition) is 1. The van der Waals surface area contributed by atoms with Crippen LogP contribution in [0.25, 0.3) is 0 Å². The molecule has 0 spiro atoms. The Labute approximate surface area is 121 Å². The first kappa shape index (κ1) is 17.7. The molecule has 1 unspecified atom stereocenters. The van der Waals surface area contributed by atoms with Crippen LogP contribution in [-0.4, -0.2) is 12.2 Å². The quantitative estimate of drug-likeness (QED) is 0.494. The van der Waals surface area contributed by atoms with Gasteiger partial charge in [-0.25, -0.2) is 4.79 Å². The number of halogens is 1. The van der Waals surface area contributed by atoms with Crippen molar-refractivity contribution in [2.45, 2.75) is 39.0 Å². The molecule has 0 amide bonds. The highest BCUT2D eigenvalue weighted by atomic mass is 35.5. The van der Waals surface area contributed by atoms with Gasteiger partial charge in [0.1, 0.15) is 0 Å². The van der Waals surface area contributed by atoms with Gasteiger partial charge in [0.25, 0.3) is 0 Å². The molecule has 1 aromatic rings. The predicted molar refractivity (Wildman–Crippen MR) is 80.2 cm³/mol. The van der Waals surface area contributed by atoms with Crippen LogP contribution in [0.1, 0.15) is 32.8 Å². The lowest BCUT2D eigenvalue weighted by atomic mass is 9.94. The molecule has 1 rings (SSSR count). The minimum atomic E-state index is -0.404. The summed E-state index contributed by atoms with van der Waals surface area (Å²) >= 11 is 0. The lowest BCUT2D eigenvalue weighted by Crippen LogP contribution is -2.45. The molecule has 0 fully saturated rings. The van der Waals surface area contributed by atoms with Crippen molar-refractivity contribution in [1.82, 2.24) is 5.32 Å². The topological polar surface area (TPSA) is 38.3 Å². The molecule has 0 aliphatic carbocycles. The van der Waals surface area contributed by atoms with Crippen LogP contribution in [0.2, 0.25) is 0 Å². The van der Waals surface area contributed by atoms with Crippen LogP contribution in [0.3, 0.4) is 0 Å². The lowest BCUT2D eigenvalue weighted by molar-refractivity contribution is -0.145. The number of ether oxygens (including phenoxy) is 1. The summed E-state index contributed by atoms with van der Waals surface area (Å²) in [6.07, 6.45) is 1.57. The largest absolute Gasteiger partial charge is 0.443 e. The van der Waals surface area contributed by atoms with E-state index in [0.717, 1.165) is 5.56 Å². The SMILES string of the molecule is C=CC(=O)OC(CC)NC(C)(C)c1ccccc1.Cl. The highest BCUT2D eigenvalue weighted by Crippen LogP contribution is 2.21. The molecule has 3 nitrogen and oxygen atoms in total. The molecule has 19 heavy (non-hydrogen) atoms. The summed E-state index contributed by atoms with van der Waals surface area (Å²) in [5, 5.41) is 3.33. The second kappa shape index (κ2) is 7.97. The van der Waals surface area contributed by atoms with E-state index < -0.39 is 5.97 Å². The maximum absolute atomic E-state index is 11.2. The van der Waals surface area contributed by atoms with Gasteiger partial charge in [-0.3, -0.25) is 5.32 Å². The minimum Gasteiger partial charge on any atom is -0.443 e. The van der Waals surface area contributed by atoms with Crippen LogP contribution in [0.5, 0.6) is 0 Å². The molecule has 1 aromatic carbocycles. The van der Waals surface area contributed by atoms with Crippen molar-refractivity contribution in [3.05, 3.63) is 48.6 Å². The van der Waals surface area contributed by atoms with Crippen LogP contribution in [0.15, 0.2) is 43.0 Å². The number of carbonyl (C=O) groups is 1. The molecule has 106 valence electrons. The summed E-state index contributed by atoms with van der Waals surface area (Å²) in [6, 6.07) is 10.1. The molecule has 0 saturated heterocycles. The fraction of sp³-hybridized carbons (Fsp3) is 0.400. The summed E-state index contributed by atoms with van der Waals surface area (Å²) in [6.45, 7) is 9.49. The smallest absolute Gasteiger partial charge is 0.331 e. The molecular formula is C15H22ClNO2. The van der Waals surface area contributed by atoms with Crippen molar-refractivity contribution < 1.29 is 9.53 Å².